The molecule has 0 aliphatic carbocycles. The molecule has 0 bridgehead atoms. The minimum Gasteiger partial charge on any atom is -0.382 e. The fraction of sp³-hybridized carbons (Fsp3) is 0.538. The van der Waals surface area contributed by atoms with Crippen molar-refractivity contribution in [2.45, 2.75) is 39.4 Å². The Morgan fingerprint density at radius 2 is 1.89 bits per heavy atom. The van der Waals surface area contributed by atoms with Gasteiger partial charge in [0, 0.05) is 16.2 Å². The first kappa shape index (κ1) is 15.3. The van der Waals surface area contributed by atoms with Crippen LogP contribution in [0.5, 0.6) is 0 Å². The van der Waals surface area contributed by atoms with E-state index in [0.29, 0.717) is 10.4 Å². The Morgan fingerprint density at radius 3 is 2.39 bits per heavy atom. The Morgan fingerprint density at radius 1 is 1.28 bits per heavy atom. The van der Waals surface area contributed by atoms with Gasteiger partial charge in [-0.2, -0.15) is 13.2 Å². The molecule has 102 valence electrons. The van der Waals surface area contributed by atoms with Crippen LogP contribution in [0.2, 0.25) is 0 Å². The number of benzene rings is 1. The summed E-state index contributed by atoms with van der Waals surface area (Å²) in [5.74, 6) is 0.315. The van der Waals surface area contributed by atoms with E-state index in [9.17, 15) is 13.2 Å². The number of halogens is 4. The van der Waals surface area contributed by atoms with Gasteiger partial charge in [-0.1, -0.05) is 36.2 Å². The Kier molecular flexibility index (Phi) is 5.08. The first-order valence-corrected chi connectivity index (χ1v) is 6.68. The van der Waals surface area contributed by atoms with Gasteiger partial charge in [-0.05, 0) is 31.0 Å². The van der Waals surface area contributed by atoms with Crippen molar-refractivity contribution in [1.29, 1.82) is 0 Å². The lowest BCUT2D eigenvalue weighted by Gasteiger charge is -2.23. The van der Waals surface area contributed by atoms with Gasteiger partial charge in [-0.25, -0.2) is 0 Å². The fourth-order valence-electron chi connectivity index (χ4n) is 1.62. The molecule has 0 spiro atoms. The lowest BCUT2D eigenvalue weighted by molar-refractivity contribution is -0.137. The van der Waals surface area contributed by atoms with Gasteiger partial charge in [0.05, 0.1) is 5.56 Å². The Bertz CT molecular complexity index is 404. The summed E-state index contributed by atoms with van der Waals surface area (Å²) in [7, 11) is 0. The van der Waals surface area contributed by atoms with Gasteiger partial charge in [0.2, 0.25) is 0 Å². The van der Waals surface area contributed by atoms with E-state index in [1.54, 1.807) is 6.07 Å². The van der Waals surface area contributed by atoms with Crippen LogP contribution in [0.3, 0.4) is 0 Å². The highest BCUT2D eigenvalue weighted by atomic mass is 79.9. The highest BCUT2D eigenvalue weighted by molar-refractivity contribution is 9.10. The zero-order chi connectivity index (χ0) is 13.9. The van der Waals surface area contributed by atoms with Crippen molar-refractivity contribution in [3.05, 3.63) is 28.2 Å². The van der Waals surface area contributed by atoms with Crippen molar-refractivity contribution in [3.63, 3.8) is 0 Å². The molecular weight excluding hydrogens is 307 g/mol. The van der Waals surface area contributed by atoms with Crippen LogP contribution in [0, 0.1) is 5.92 Å². The van der Waals surface area contributed by atoms with Gasteiger partial charge in [-0.3, -0.25) is 0 Å². The number of nitrogens with one attached hydrogen (secondary N) is 1. The molecule has 18 heavy (non-hydrogen) atoms. The Balaban J connectivity index is 3.02. The number of rotatable bonds is 4. The van der Waals surface area contributed by atoms with Gasteiger partial charge < -0.3 is 5.32 Å². The summed E-state index contributed by atoms with van der Waals surface area (Å²) in [6.07, 6.45) is -3.42. The quantitative estimate of drug-likeness (QED) is 0.791. The molecule has 1 aromatic rings. The van der Waals surface area contributed by atoms with E-state index in [1.165, 1.54) is 6.07 Å². The molecule has 0 heterocycles. The zero-order valence-corrected chi connectivity index (χ0v) is 12.2. The van der Waals surface area contributed by atoms with Gasteiger partial charge in [0.1, 0.15) is 0 Å². The second-order valence-electron chi connectivity index (χ2n) is 4.51. The normalized spacial score (nSPS) is 15.3. The molecule has 2 unspecified atom stereocenters. The molecule has 5 heteroatoms. The van der Waals surface area contributed by atoms with Crippen molar-refractivity contribution in [3.8, 4) is 0 Å². The summed E-state index contributed by atoms with van der Waals surface area (Å²) in [4.78, 5) is 0. The van der Waals surface area contributed by atoms with Gasteiger partial charge in [0.15, 0.2) is 0 Å². The van der Waals surface area contributed by atoms with Crippen LogP contribution >= 0.6 is 15.9 Å². The predicted octanol–water partition coefficient (Wildman–Crippen LogP) is 5.31. The molecule has 0 radical (unpaired) electrons. The van der Waals surface area contributed by atoms with Crippen LogP contribution in [-0.2, 0) is 6.18 Å². The van der Waals surface area contributed by atoms with Crippen LogP contribution in [0.4, 0.5) is 18.9 Å². The third-order valence-corrected chi connectivity index (χ3v) is 3.66. The molecule has 0 amide bonds. The topological polar surface area (TPSA) is 12.0 Å². The maximum atomic E-state index is 12.9. The van der Waals surface area contributed by atoms with E-state index in [2.05, 4.69) is 21.2 Å². The standard InChI is InChI=1S/C13H17BrF3N/c1-4-8(2)9(3)18-12-6-5-10(14)7-11(12)13(15,16)17/h5-9,18H,4H2,1-3H3. The summed E-state index contributed by atoms with van der Waals surface area (Å²) >= 11 is 3.07. The molecular formula is C13H17BrF3N. The van der Waals surface area contributed by atoms with Crippen LogP contribution < -0.4 is 5.32 Å². The number of hydrogen-bond donors (Lipinski definition) is 1. The van der Waals surface area contributed by atoms with Crippen molar-refractivity contribution in [2.75, 3.05) is 5.32 Å². The molecule has 2 atom stereocenters. The van der Waals surface area contributed by atoms with Gasteiger partial charge >= 0.3 is 6.18 Å². The zero-order valence-electron chi connectivity index (χ0n) is 10.6. The number of alkyl halides is 3. The maximum absolute atomic E-state index is 12.9. The Hall–Kier alpha value is -0.710. The predicted molar refractivity (Wildman–Crippen MR) is 71.7 cm³/mol. The maximum Gasteiger partial charge on any atom is 0.418 e. The molecule has 1 nitrogen and oxygen atoms in total. The van der Waals surface area contributed by atoms with Crippen LogP contribution in [0.15, 0.2) is 22.7 Å². The van der Waals surface area contributed by atoms with Crippen molar-refractivity contribution in [2.24, 2.45) is 5.92 Å². The molecule has 1 N–H and O–H groups in total. The number of anilines is 1. The Labute approximate surface area is 114 Å². The van der Waals surface area contributed by atoms with E-state index in [0.717, 1.165) is 12.5 Å². The van der Waals surface area contributed by atoms with Crippen molar-refractivity contribution >= 4 is 21.6 Å². The summed E-state index contributed by atoms with van der Waals surface area (Å²) in [5, 5.41) is 2.95. The van der Waals surface area contributed by atoms with Crippen LogP contribution in [0.25, 0.3) is 0 Å². The van der Waals surface area contributed by atoms with Crippen LogP contribution in [0.1, 0.15) is 32.8 Å². The largest absolute Gasteiger partial charge is 0.418 e. The molecule has 0 saturated heterocycles. The highest BCUT2D eigenvalue weighted by Crippen LogP contribution is 2.37. The van der Waals surface area contributed by atoms with Crippen LogP contribution in [-0.4, -0.2) is 6.04 Å². The molecule has 0 aliphatic rings. The highest BCUT2D eigenvalue weighted by Gasteiger charge is 2.34. The van der Waals surface area contributed by atoms with E-state index < -0.39 is 11.7 Å². The molecule has 1 aromatic carbocycles. The lowest BCUT2D eigenvalue weighted by Crippen LogP contribution is -2.25. The second-order valence-corrected chi connectivity index (χ2v) is 5.42. The first-order valence-electron chi connectivity index (χ1n) is 5.89. The average molecular weight is 324 g/mol. The summed E-state index contributed by atoms with van der Waals surface area (Å²) < 4.78 is 39.1. The summed E-state index contributed by atoms with van der Waals surface area (Å²) in [6.45, 7) is 5.94. The van der Waals surface area contributed by atoms with Crippen molar-refractivity contribution < 1.29 is 13.2 Å². The van der Waals surface area contributed by atoms with Crippen molar-refractivity contribution in [1.82, 2.24) is 0 Å². The molecule has 0 aliphatic heterocycles. The summed E-state index contributed by atoms with van der Waals surface area (Å²) in [5.41, 5.74) is -0.495. The number of hydrogen-bond acceptors (Lipinski definition) is 1. The minimum absolute atomic E-state index is 0.00252. The molecule has 0 aromatic heterocycles. The van der Waals surface area contributed by atoms with Gasteiger partial charge in [-0.15, -0.1) is 0 Å². The van der Waals surface area contributed by atoms with E-state index in [-0.39, 0.29) is 11.7 Å². The second kappa shape index (κ2) is 5.95. The third kappa shape index (κ3) is 3.90. The molecule has 0 fully saturated rings. The first-order chi connectivity index (χ1) is 8.25. The van der Waals surface area contributed by atoms with E-state index >= 15 is 0 Å². The SMILES string of the molecule is CCC(C)C(C)Nc1ccc(Br)cc1C(F)(F)F. The average Bonchev–Trinajstić information content (AvgIpc) is 2.28. The molecule has 0 saturated carbocycles. The van der Waals surface area contributed by atoms with E-state index in [4.69, 9.17) is 0 Å². The summed E-state index contributed by atoms with van der Waals surface area (Å²) in [6, 6.07) is 4.18. The molecule has 1 rings (SSSR count). The fourth-order valence-corrected chi connectivity index (χ4v) is 1.98. The third-order valence-electron chi connectivity index (χ3n) is 3.17. The smallest absolute Gasteiger partial charge is 0.382 e. The van der Waals surface area contributed by atoms with E-state index in [1.807, 2.05) is 20.8 Å². The lowest BCUT2D eigenvalue weighted by atomic mass is 10.00. The van der Waals surface area contributed by atoms with Gasteiger partial charge in [0.25, 0.3) is 0 Å². The monoisotopic (exact) mass is 323 g/mol. The minimum atomic E-state index is -4.35.